The molecule has 3 aromatic carbocycles. The molecule has 3 heterocycles. The van der Waals surface area contributed by atoms with E-state index >= 15 is 0 Å². The Hall–Kier alpha value is -2.93. The van der Waals surface area contributed by atoms with Crippen molar-refractivity contribution in [3.05, 3.63) is 100 Å². The van der Waals surface area contributed by atoms with Gasteiger partial charge >= 0.3 is 0 Å². The minimum absolute atomic E-state index is 0.286. The van der Waals surface area contributed by atoms with Crippen LogP contribution in [0.15, 0.2) is 83.5 Å². The van der Waals surface area contributed by atoms with Crippen LogP contribution in [-0.2, 0) is 13.1 Å². The van der Waals surface area contributed by atoms with Crippen LogP contribution < -0.4 is 9.64 Å². The summed E-state index contributed by atoms with van der Waals surface area (Å²) in [5.41, 5.74) is 6.18. The van der Waals surface area contributed by atoms with Gasteiger partial charge in [0.25, 0.3) is 0 Å². The van der Waals surface area contributed by atoms with E-state index < -0.39 is 0 Å². The number of halogens is 1. The molecule has 1 saturated heterocycles. The van der Waals surface area contributed by atoms with Crippen LogP contribution in [0.1, 0.15) is 29.7 Å². The minimum atomic E-state index is 0.286. The van der Waals surface area contributed by atoms with Crippen molar-refractivity contribution in [2.24, 2.45) is 0 Å². The highest BCUT2D eigenvalue weighted by molar-refractivity contribution is 9.10. The van der Waals surface area contributed by atoms with Gasteiger partial charge in [-0.05, 0) is 54.4 Å². The van der Waals surface area contributed by atoms with Crippen LogP contribution in [0, 0.1) is 0 Å². The second kappa shape index (κ2) is 10.2. The van der Waals surface area contributed by atoms with Gasteiger partial charge in [-0.3, -0.25) is 14.8 Å². The summed E-state index contributed by atoms with van der Waals surface area (Å²) in [4.78, 5) is 12.2. The second-order valence-corrected chi connectivity index (χ2v) is 10.7. The summed E-state index contributed by atoms with van der Waals surface area (Å²) in [7, 11) is 0. The van der Waals surface area contributed by atoms with Crippen molar-refractivity contribution >= 4 is 32.5 Å². The number of nitrogens with zero attached hydrogens (tertiary/aromatic N) is 4. The third-order valence-corrected chi connectivity index (χ3v) is 8.07. The molecule has 0 radical (unpaired) electrons. The number of ether oxygens (including phenoxy) is 1. The molecule has 1 unspecified atom stereocenters. The standard InChI is InChI=1S/C30H31BrN4O/c1-22(23-6-3-2-4-7-23)35-20-25-18-24(28-8-5-13-32-29(28)30(25)36-21-35)19-33-14-16-34(17-15-33)27-11-9-26(31)10-12-27/h2-13,18,22H,14-17,19-21H2,1H3. The van der Waals surface area contributed by atoms with Gasteiger partial charge in [0.1, 0.15) is 12.2 Å². The molecule has 0 bridgehead atoms. The van der Waals surface area contributed by atoms with Gasteiger partial charge in [0.05, 0.1) is 0 Å². The van der Waals surface area contributed by atoms with Gasteiger partial charge in [-0.2, -0.15) is 0 Å². The Morgan fingerprint density at radius 3 is 2.50 bits per heavy atom. The fourth-order valence-electron chi connectivity index (χ4n) is 5.42. The highest BCUT2D eigenvalue weighted by Gasteiger charge is 2.27. The number of hydrogen-bond donors (Lipinski definition) is 0. The molecule has 1 fully saturated rings. The Balaban J connectivity index is 1.22. The highest BCUT2D eigenvalue weighted by atomic mass is 79.9. The first-order valence-corrected chi connectivity index (χ1v) is 13.5. The Morgan fingerprint density at radius 2 is 1.72 bits per heavy atom. The molecular formula is C30H31BrN4O. The smallest absolute Gasteiger partial charge is 0.152 e. The summed E-state index contributed by atoms with van der Waals surface area (Å²) in [6.07, 6.45) is 1.88. The first kappa shape index (κ1) is 23.5. The monoisotopic (exact) mass is 542 g/mol. The van der Waals surface area contributed by atoms with E-state index in [1.54, 1.807) is 0 Å². The first-order chi connectivity index (χ1) is 17.7. The van der Waals surface area contributed by atoms with Crippen molar-refractivity contribution in [1.82, 2.24) is 14.8 Å². The van der Waals surface area contributed by atoms with Gasteiger partial charge in [0.15, 0.2) is 5.75 Å². The zero-order valence-electron chi connectivity index (χ0n) is 20.6. The topological polar surface area (TPSA) is 31.8 Å². The molecule has 36 heavy (non-hydrogen) atoms. The summed E-state index contributed by atoms with van der Waals surface area (Å²) in [6.45, 7) is 8.79. The minimum Gasteiger partial charge on any atom is -0.475 e. The summed E-state index contributed by atoms with van der Waals surface area (Å²) in [5, 5.41) is 1.20. The SMILES string of the molecule is CC(c1ccccc1)N1COc2c(cc(CN3CCN(c4ccc(Br)cc4)CC3)c3cccnc23)C1. The number of rotatable bonds is 5. The second-order valence-electron chi connectivity index (χ2n) is 9.77. The quantitative estimate of drug-likeness (QED) is 0.298. The number of hydrogen-bond acceptors (Lipinski definition) is 5. The molecule has 4 aromatic rings. The van der Waals surface area contributed by atoms with E-state index in [-0.39, 0.29) is 6.04 Å². The third-order valence-electron chi connectivity index (χ3n) is 7.54. The average molecular weight is 544 g/mol. The molecule has 1 atom stereocenters. The van der Waals surface area contributed by atoms with E-state index in [0.717, 1.165) is 55.0 Å². The lowest BCUT2D eigenvalue weighted by Crippen LogP contribution is -2.46. The lowest BCUT2D eigenvalue weighted by atomic mass is 9.99. The van der Waals surface area contributed by atoms with Gasteiger partial charge in [0.2, 0.25) is 0 Å². The number of anilines is 1. The van der Waals surface area contributed by atoms with E-state index in [9.17, 15) is 0 Å². The maximum absolute atomic E-state index is 6.35. The summed E-state index contributed by atoms with van der Waals surface area (Å²) >= 11 is 3.54. The molecule has 0 saturated carbocycles. The van der Waals surface area contributed by atoms with Gasteiger partial charge in [-0.15, -0.1) is 0 Å². The molecule has 0 amide bonds. The largest absolute Gasteiger partial charge is 0.475 e. The molecule has 2 aliphatic heterocycles. The van der Waals surface area contributed by atoms with E-state index in [1.807, 2.05) is 12.3 Å². The lowest BCUT2D eigenvalue weighted by molar-refractivity contribution is 0.0629. The molecule has 1 aromatic heterocycles. The van der Waals surface area contributed by atoms with Crippen LogP contribution in [0.3, 0.4) is 0 Å². The molecule has 6 rings (SSSR count). The van der Waals surface area contributed by atoms with Gasteiger partial charge < -0.3 is 9.64 Å². The van der Waals surface area contributed by atoms with Gasteiger partial charge in [-0.1, -0.05) is 52.3 Å². The predicted molar refractivity (Wildman–Crippen MR) is 149 cm³/mol. The number of benzene rings is 3. The maximum Gasteiger partial charge on any atom is 0.152 e. The zero-order chi connectivity index (χ0) is 24.5. The fraction of sp³-hybridized carbons (Fsp3) is 0.300. The Bertz CT molecular complexity index is 1340. The zero-order valence-corrected chi connectivity index (χ0v) is 22.2. The fourth-order valence-corrected chi connectivity index (χ4v) is 5.68. The van der Waals surface area contributed by atoms with Crippen molar-refractivity contribution in [2.45, 2.75) is 26.1 Å². The molecule has 5 nitrogen and oxygen atoms in total. The van der Waals surface area contributed by atoms with Crippen molar-refractivity contribution < 1.29 is 4.74 Å². The van der Waals surface area contributed by atoms with Crippen LogP contribution >= 0.6 is 15.9 Å². The van der Waals surface area contributed by atoms with E-state index in [4.69, 9.17) is 9.72 Å². The van der Waals surface area contributed by atoms with Crippen molar-refractivity contribution in [2.75, 3.05) is 37.8 Å². The van der Waals surface area contributed by atoms with Gasteiger partial charge in [0, 0.05) is 72.6 Å². The van der Waals surface area contributed by atoms with Crippen molar-refractivity contribution in [3.63, 3.8) is 0 Å². The molecule has 0 spiro atoms. The van der Waals surface area contributed by atoms with E-state index in [0.29, 0.717) is 6.73 Å². The maximum atomic E-state index is 6.35. The third kappa shape index (κ3) is 4.73. The van der Waals surface area contributed by atoms with E-state index in [2.05, 4.69) is 104 Å². The van der Waals surface area contributed by atoms with Crippen LogP contribution in [0.2, 0.25) is 0 Å². The van der Waals surface area contributed by atoms with Crippen molar-refractivity contribution in [1.29, 1.82) is 0 Å². The van der Waals surface area contributed by atoms with Crippen LogP contribution in [-0.4, -0.2) is 47.7 Å². The summed E-state index contributed by atoms with van der Waals surface area (Å²) in [6, 6.07) is 26.2. The van der Waals surface area contributed by atoms with E-state index in [1.165, 1.54) is 27.8 Å². The van der Waals surface area contributed by atoms with Crippen LogP contribution in [0.4, 0.5) is 5.69 Å². The van der Waals surface area contributed by atoms with Crippen LogP contribution in [0.25, 0.3) is 10.9 Å². The number of fused-ring (bicyclic) bond motifs is 3. The van der Waals surface area contributed by atoms with Crippen LogP contribution in [0.5, 0.6) is 5.75 Å². The lowest BCUT2D eigenvalue weighted by Gasteiger charge is -2.37. The Labute approximate surface area is 221 Å². The molecule has 0 N–H and O–H groups in total. The average Bonchev–Trinajstić information content (AvgIpc) is 2.94. The normalized spacial score (nSPS) is 17.6. The highest BCUT2D eigenvalue weighted by Crippen LogP contribution is 2.37. The molecule has 184 valence electrons. The molecule has 6 heteroatoms. The summed E-state index contributed by atoms with van der Waals surface area (Å²) in [5.74, 6) is 0.950. The van der Waals surface area contributed by atoms with Gasteiger partial charge in [-0.25, -0.2) is 0 Å². The number of piperazine rings is 1. The van der Waals surface area contributed by atoms with Crippen molar-refractivity contribution in [3.8, 4) is 5.75 Å². The Morgan fingerprint density at radius 1 is 0.944 bits per heavy atom. The number of aromatic nitrogens is 1. The molecular weight excluding hydrogens is 512 g/mol. The Kier molecular flexibility index (Phi) is 6.65. The molecule has 2 aliphatic rings. The predicted octanol–water partition coefficient (Wildman–Crippen LogP) is 6.23. The summed E-state index contributed by atoms with van der Waals surface area (Å²) < 4.78 is 7.47. The molecule has 0 aliphatic carbocycles. The first-order valence-electron chi connectivity index (χ1n) is 12.7. The number of pyridine rings is 1.